The Morgan fingerprint density at radius 1 is 0.333 bits per heavy atom. The molecule has 0 spiro atoms. The second kappa shape index (κ2) is 62.4. The highest BCUT2D eigenvalue weighted by atomic mass is 16.5. The van der Waals surface area contributed by atoms with Crippen LogP contribution in [-0.2, 0) is 14.3 Å². The number of hydrogen-bond acceptors (Lipinski definition) is 5. The highest BCUT2D eigenvalue weighted by molar-refractivity contribution is 5.76. The van der Waals surface area contributed by atoms with Crippen molar-refractivity contribution in [1.82, 2.24) is 5.32 Å². The number of amides is 1. The monoisotopic (exact) mass is 1020 g/mol. The van der Waals surface area contributed by atoms with Gasteiger partial charge >= 0.3 is 5.97 Å². The van der Waals surface area contributed by atoms with E-state index in [1.54, 1.807) is 0 Å². The molecule has 0 radical (unpaired) electrons. The SMILES string of the molecule is CCCCCCCCCCCCCCCCCCCCCCCCC(O)C(CO)NC(=O)CCCCCCCCCCCCCCCCCCCCCCOC(=O)CCCCCCCCCCCCCCC. The molecule has 6 nitrogen and oxygen atoms in total. The molecule has 0 rings (SSSR count). The van der Waals surface area contributed by atoms with E-state index in [0.717, 1.165) is 38.5 Å². The van der Waals surface area contributed by atoms with E-state index in [1.165, 1.54) is 315 Å². The molecule has 0 aliphatic heterocycles. The Labute approximate surface area is 451 Å². The third-order valence-electron chi connectivity index (χ3n) is 15.9. The molecular formula is C66H131NO5. The molecule has 0 aromatic rings. The van der Waals surface area contributed by atoms with Crippen LogP contribution in [0.3, 0.4) is 0 Å². The first-order valence-corrected chi connectivity index (χ1v) is 33.3. The Balaban J connectivity index is 3.38. The first-order chi connectivity index (χ1) is 35.5. The van der Waals surface area contributed by atoms with Crippen LogP contribution in [0.1, 0.15) is 386 Å². The number of aliphatic hydroxyl groups is 2. The number of hydrogen-bond donors (Lipinski definition) is 3. The highest BCUT2D eigenvalue weighted by Crippen LogP contribution is 2.19. The summed E-state index contributed by atoms with van der Waals surface area (Å²) < 4.78 is 5.48. The van der Waals surface area contributed by atoms with Gasteiger partial charge in [-0.1, -0.05) is 348 Å². The van der Waals surface area contributed by atoms with Crippen LogP contribution in [0.5, 0.6) is 0 Å². The molecule has 0 heterocycles. The fraction of sp³-hybridized carbons (Fsp3) is 0.970. The number of nitrogens with one attached hydrogen (secondary N) is 1. The molecule has 0 saturated carbocycles. The van der Waals surface area contributed by atoms with Gasteiger partial charge in [-0.25, -0.2) is 0 Å². The molecule has 0 bridgehead atoms. The molecule has 0 saturated heterocycles. The van der Waals surface area contributed by atoms with E-state index >= 15 is 0 Å². The lowest BCUT2D eigenvalue weighted by Gasteiger charge is -2.22. The van der Waals surface area contributed by atoms with E-state index in [2.05, 4.69) is 19.2 Å². The molecule has 3 N–H and O–H groups in total. The van der Waals surface area contributed by atoms with E-state index in [1.807, 2.05) is 0 Å². The zero-order valence-electron chi connectivity index (χ0n) is 49.2. The summed E-state index contributed by atoms with van der Waals surface area (Å²) in [6, 6.07) is -0.543. The topological polar surface area (TPSA) is 95.9 Å². The Kier molecular flexibility index (Phi) is 61.4. The maximum atomic E-state index is 12.5. The summed E-state index contributed by atoms with van der Waals surface area (Å²) >= 11 is 0. The van der Waals surface area contributed by atoms with Crippen molar-refractivity contribution in [3.8, 4) is 0 Å². The average molecular weight is 1020 g/mol. The van der Waals surface area contributed by atoms with Crippen molar-refractivity contribution in [3.63, 3.8) is 0 Å². The van der Waals surface area contributed by atoms with Crippen LogP contribution in [-0.4, -0.2) is 47.4 Å². The van der Waals surface area contributed by atoms with Crippen molar-refractivity contribution in [1.29, 1.82) is 0 Å². The number of carbonyl (C=O) groups excluding carboxylic acids is 2. The van der Waals surface area contributed by atoms with Gasteiger partial charge in [-0.05, 0) is 25.7 Å². The molecule has 72 heavy (non-hydrogen) atoms. The normalized spacial score (nSPS) is 12.4. The highest BCUT2D eigenvalue weighted by Gasteiger charge is 2.20. The van der Waals surface area contributed by atoms with E-state index in [9.17, 15) is 19.8 Å². The third-order valence-corrected chi connectivity index (χ3v) is 15.9. The largest absolute Gasteiger partial charge is 0.466 e. The number of rotatable bonds is 63. The molecule has 0 aromatic carbocycles. The second-order valence-corrected chi connectivity index (χ2v) is 23.2. The van der Waals surface area contributed by atoms with E-state index in [0.29, 0.717) is 25.9 Å². The molecule has 6 heteroatoms. The van der Waals surface area contributed by atoms with Crippen molar-refractivity contribution in [2.75, 3.05) is 13.2 Å². The minimum absolute atomic E-state index is 0.0136. The van der Waals surface area contributed by atoms with Gasteiger partial charge in [0.1, 0.15) is 0 Å². The molecular weight excluding hydrogens is 887 g/mol. The fourth-order valence-electron chi connectivity index (χ4n) is 10.8. The molecule has 2 unspecified atom stereocenters. The third kappa shape index (κ3) is 58.1. The maximum Gasteiger partial charge on any atom is 0.305 e. The van der Waals surface area contributed by atoms with E-state index in [4.69, 9.17) is 4.74 Å². The summed E-state index contributed by atoms with van der Waals surface area (Å²) in [5.41, 5.74) is 0. The zero-order valence-corrected chi connectivity index (χ0v) is 49.2. The minimum Gasteiger partial charge on any atom is -0.466 e. The van der Waals surface area contributed by atoms with Crippen LogP contribution in [0, 0.1) is 0 Å². The fourth-order valence-corrected chi connectivity index (χ4v) is 10.8. The number of aliphatic hydroxyl groups excluding tert-OH is 2. The van der Waals surface area contributed by atoms with Crippen molar-refractivity contribution in [2.24, 2.45) is 0 Å². The average Bonchev–Trinajstić information content (AvgIpc) is 3.38. The first-order valence-electron chi connectivity index (χ1n) is 33.3. The Morgan fingerprint density at radius 2 is 0.569 bits per heavy atom. The maximum absolute atomic E-state index is 12.5. The summed E-state index contributed by atoms with van der Waals surface area (Å²) in [6.07, 6.45) is 74.1. The zero-order chi connectivity index (χ0) is 52.2. The van der Waals surface area contributed by atoms with Crippen molar-refractivity contribution >= 4 is 11.9 Å². The van der Waals surface area contributed by atoms with Crippen molar-refractivity contribution < 1.29 is 24.5 Å². The van der Waals surface area contributed by atoms with Crippen LogP contribution < -0.4 is 5.32 Å². The molecule has 0 fully saturated rings. The minimum atomic E-state index is -0.665. The number of ether oxygens (including phenoxy) is 1. The van der Waals surface area contributed by atoms with Gasteiger partial charge in [-0.15, -0.1) is 0 Å². The Morgan fingerprint density at radius 3 is 0.847 bits per heavy atom. The van der Waals surface area contributed by atoms with Gasteiger partial charge in [0.2, 0.25) is 5.91 Å². The van der Waals surface area contributed by atoms with Crippen LogP contribution in [0.2, 0.25) is 0 Å². The van der Waals surface area contributed by atoms with Crippen LogP contribution in [0.4, 0.5) is 0 Å². The Hall–Kier alpha value is -1.14. The summed E-state index contributed by atoms with van der Waals surface area (Å²) in [4.78, 5) is 24.6. The van der Waals surface area contributed by atoms with Gasteiger partial charge < -0.3 is 20.3 Å². The lowest BCUT2D eigenvalue weighted by Crippen LogP contribution is -2.45. The van der Waals surface area contributed by atoms with Crippen LogP contribution >= 0.6 is 0 Å². The van der Waals surface area contributed by atoms with Gasteiger partial charge in [0.05, 0.1) is 25.4 Å². The van der Waals surface area contributed by atoms with Gasteiger partial charge in [0.15, 0.2) is 0 Å². The van der Waals surface area contributed by atoms with Crippen LogP contribution in [0.25, 0.3) is 0 Å². The van der Waals surface area contributed by atoms with Gasteiger partial charge in [-0.2, -0.15) is 0 Å². The molecule has 0 aliphatic carbocycles. The summed E-state index contributed by atoms with van der Waals surface area (Å²) in [7, 11) is 0. The predicted molar refractivity (Wildman–Crippen MR) is 315 cm³/mol. The molecule has 0 aromatic heterocycles. The smallest absolute Gasteiger partial charge is 0.305 e. The Bertz CT molecular complexity index is 1040. The van der Waals surface area contributed by atoms with Gasteiger partial charge in [0.25, 0.3) is 0 Å². The van der Waals surface area contributed by atoms with E-state index < -0.39 is 12.1 Å². The van der Waals surface area contributed by atoms with Crippen molar-refractivity contribution in [2.45, 2.75) is 398 Å². The van der Waals surface area contributed by atoms with Crippen LogP contribution in [0.15, 0.2) is 0 Å². The van der Waals surface area contributed by atoms with Crippen molar-refractivity contribution in [3.05, 3.63) is 0 Å². The first kappa shape index (κ1) is 70.9. The van der Waals surface area contributed by atoms with Gasteiger partial charge in [0, 0.05) is 12.8 Å². The quantitative estimate of drug-likeness (QED) is 0.0417. The number of unbranched alkanes of at least 4 members (excludes halogenated alkanes) is 52. The van der Waals surface area contributed by atoms with Gasteiger partial charge in [-0.3, -0.25) is 9.59 Å². The standard InChI is InChI=1S/C66H131NO5/c1-3-5-7-9-11-13-15-17-18-19-20-21-22-25-28-31-35-38-42-46-50-54-58-64(69)63(62-68)67-65(70)59-55-51-47-43-39-36-32-29-26-23-24-27-30-33-37-41-45-49-53-57-61-72-66(71)60-56-52-48-44-40-34-16-14-12-10-8-6-4-2/h63-64,68-69H,3-62H2,1-2H3,(H,67,70). The molecule has 430 valence electrons. The number of esters is 1. The lowest BCUT2D eigenvalue weighted by atomic mass is 10.0. The number of carbonyl (C=O) groups is 2. The summed E-state index contributed by atoms with van der Waals surface area (Å²) in [6.45, 7) is 4.99. The molecule has 1 amide bonds. The predicted octanol–water partition coefficient (Wildman–Crippen LogP) is 21.0. The lowest BCUT2D eigenvalue weighted by molar-refractivity contribution is -0.143. The molecule has 0 aliphatic rings. The summed E-state index contributed by atoms with van der Waals surface area (Å²) in [5.74, 6) is -0.0179. The second-order valence-electron chi connectivity index (χ2n) is 23.2. The summed E-state index contributed by atoms with van der Waals surface area (Å²) in [5, 5.41) is 23.4. The molecule has 2 atom stereocenters. The van der Waals surface area contributed by atoms with E-state index in [-0.39, 0.29) is 18.5 Å².